The zero-order chi connectivity index (χ0) is 13.0. The standard InChI is InChI=1S/C17H21N/c1-4-18(5-2)16-13-9-10-14(3)17(16)15-11-7-6-8-12-15/h6-13H,4-5H2,1-3H3. The monoisotopic (exact) mass is 239 g/mol. The van der Waals surface area contributed by atoms with Crippen LogP contribution in [0, 0.1) is 6.92 Å². The lowest BCUT2D eigenvalue weighted by atomic mass is 9.98. The van der Waals surface area contributed by atoms with E-state index in [9.17, 15) is 0 Å². The highest BCUT2D eigenvalue weighted by molar-refractivity contribution is 5.81. The third-order valence-corrected chi connectivity index (χ3v) is 3.42. The van der Waals surface area contributed by atoms with Crippen LogP contribution in [0.4, 0.5) is 5.69 Å². The molecule has 0 unspecified atom stereocenters. The minimum atomic E-state index is 1.04. The van der Waals surface area contributed by atoms with Gasteiger partial charge in [-0.2, -0.15) is 0 Å². The van der Waals surface area contributed by atoms with Crippen LogP contribution >= 0.6 is 0 Å². The van der Waals surface area contributed by atoms with Crippen molar-refractivity contribution in [3.8, 4) is 11.1 Å². The predicted molar refractivity (Wildman–Crippen MR) is 80.2 cm³/mol. The van der Waals surface area contributed by atoms with Crippen LogP contribution in [0.2, 0.25) is 0 Å². The molecular weight excluding hydrogens is 218 g/mol. The molecule has 0 radical (unpaired) electrons. The second-order valence-electron chi connectivity index (χ2n) is 4.51. The first-order valence-corrected chi connectivity index (χ1v) is 6.67. The maximum absolute atomic E-state index is 2.41. The summed E-state index contributed by atoms with van der Waals surface area (Å²) in [5.41, 5.74) is 5.34. The second kappa shape index (κ2) is 5.72. The fraction of sp³-hybridized carbons (Fsp3) is 0.294. The molecule has 0 aliphatic heterocycles. The van der Waals surface area contributed by atoms with Crippen molar-refractivity contribution in [1.82, 2.24) is 0 Å². The first kappa shape index (κ1) is 12.7. The zero-order valence-corrected chi connectivity index (χ0v) is 11.5. The number of benzene rings is 2. The number of anilines is 1. The molecular formula is C17H21N. The summed E-state index contributed by atoms with van der Waals surface area (Å²) in [5.74, 6) is 0. The Kier molecular flexibility index (Phi) is 4.03. The van der Waals surface area contributed by atoms with Crippen LogP contribution in [0.1, 0.15) is 19.4 Å². The van der Waals surface area contributed by atoms with Crippen LogP contribution in [0.25, 0.3) is 11.1 Å². The number of rotatable bonds is 4. The number of nitrogens with zero attached hydrogens (tertiary/aromatic N) is 1. The highest BCUT2D eigenvalue weighted by Gasteiger charge is 2.11. The molecule has 0 spiro atoms. The molecule has 0 bridgehead atoms. The predicted octanol–water partition coefficient (Wildman–Crippen LogP) is 4.51. The normalized spacial score (nSPS) is 10.4. The fourth-order valence-corrected chi connectivity index (χ4v) is 2.46. The Morgan fingerprint density at radius 3 is 2.11 bits per heavy atom. The molecule has 0 aliphatic carbocycles. The van der Waals surface area contributed by atoms with Crippen molar-refractivity contribution in [3.05, 3.63) is 54.1 Å². The van der Waals surface area contributed by atoms with Crippen LogP contribution in [0.5, 0.6) is 0 Å². The largest absolute Gasteiger partial charge is 0.372 e. The molecule has 0 N–H and O–H groups in total. The van der Waals surface area contributed by atoms with Crippen molar-refractivity contribution >= 4 is 5.69 Å². The molecule has 2 rings (SSSR count). The van der Waals surface area contributed by atoms with Crippen molar-refractivity contribution in [2.45, 2.75) is 20.8 Å². The van der Waals surface area contributed by atoms with Crippen LogP contribution in [0.3, 0.4) is 0 Å². The molecule has 94 valence electrons. The van der Waals surface area contributed by atoms with Crippen molar-refractivity contribution in [2.75, 3.05) is 18.0 Å². The van der Waals surface area contributed by atoms with Crippen molar-refractivity contribution in [1.29, 1.82) is 0 Å². The van der Waals surface area contributed by atoms with E-state index in [0.29, 0.717) is 0 Å². The Balaban J connectivity index is 2.58. The number of hydrogen-bond acceptors (Lipinski definition) is 1. The third kappa shape index (κ3) is 2.40. The van der Waals surface area contributed by atoms with Crippen molar-refractivity contribution in [2.24, 2.45) is 0 Å². The first-order chi connectivity index (χ1) is 8.77. The summed E-state index contributed by atoms with van der Waals surface area (Å²) in [5, 5.41) is 0. The van der Waals surface area contributed by atoms with E-state index in [1.165, 1.54) is 22.4 Å². The maximum atomic E-state index is 2.41. The van der Waals surface area contributed by atoms with E-state index < -0.39 is 0 Å². The van der Waals surface area contributed by atoms with Crippen LogP contribution < -0.4 is 4.90 Å². The van der Waals surface area contributed by atoms with Gasteiger partial charge in [-0.3, -0.25) is 0 Å². The van der Waals surface area contributed by atoms with Gasteiger partial charge < -0.3 is 4.90 Å². The van der Waals surface area contributed by atoms with E-state index in [1.54, 1.807) is 0 Å². The van der Waals surface area contributed by atoms with Gasteiger partial charge in [-0.15, -0.1) is 0 Å². The van der Waals surface area contributed by atoms with Crippen molar-refractivity contribution < 1.29 is 0 Å². The van der Waals surface area contributed by atoms with E-state index in [2.05, 4.69) is 74.2 Å². The lowest BCUT2D eigenvalue weighted by Crippen LogP contribution is -2.22. The summed E-state index contributed by atoms with van der Waals surface area (Å²) < 4.78 is 0. The molecule has 1 nitrogen and oxygen atoms in total. The van der Waals surface area contributed by atoms with Gasteiger partial charge in [-0.1, -0.05) is 42.5 Å². The molecule has 1 heteroatoms. The van der Waals surface area contributed by atoms with Crippen LogP contribution in [0.15, 0.2) is 48.5 Å². The summed E-state index contributed by atoms with van der Waals surface area (Å²) in [6, 6.07) is 17.2. The molecule has 0 saturated heterocycles. The summed E-state index contributed by atoms with van der Waals surface area (Å²) in [6.45, 7) is 8.69. The lowest BCUT2D eigenvalue weighted by Gasteiger charge is -2.25. The maximum Gasteiger partial charge on any atom is 0.0448 e. The summed E-state index contributed by atoms with van der Waals surface area (Å²) in [7, 11) is 0. The SMILES string of the molecule is CCN(CC)c1cccc(C)c1-c1ccccc1. The Labute approximate surface area is 110 Å². The first-order valence-electron chi connectivity index (χ1n) is 6.67. The molecule has 0 aliphatic rings. The highest BCUT2D eigenvalue weighted by atomic mass is 15.1. The third-order valence-electron chi connectivity index (χ3n) is 3.42. The summed E-state index contributed by atoms with van der Waals surface area (Å²) in [6.07, 6.45) is 0. The van der Waals surface area contributed by atoms with E-state index in [1.807, 2.05) is 0 Å². The molecule has 0 atom stereocenters. The van der Waals surface area contributed by atoms with Gasteiger partial charge in [0.2, 0.25) is 0 Å². The molecule has 0 saturated carbocycles. The molecule has 2 aromatic rings. The van der Waals surface area contributed by atoms with Crippen LogP contribution in [-0.2, 0) is 0 Å². The zero-order valence-electron chi connectivity index (χ0n) is 11.5. The molecule has 0 heterocycles. The lowest BCUT2D eigenvalue weighted by molar-refractivity contribution is 0.867. The van der Waals surface area contributed by atoms with Gasteiger partial charge >= 0.3 is 0 Å². The molecule has 18 heavy (non-hydrogen) atoms. The highest BCUT2D eigenvalue weighted by Crippen LogP contribution is 2.33. The van der Waals surface area contributed by atoms with Gasteiger partial charge in [0, 0.05) is 24.3 Å². The average Bonchev–Trinajstić information content (AvgIpc) is 2.41. The van der Waals surface area contributed by atoms with Gasteiger partial charge in [0.1, 0.15) is 0 Å². The second-order valence-corrected chi connectivity index (χ2v) is 4.51. The Hall–Kier alpha value is -1.76. The van der Waals surface area contributed by atoms with Crippen LogP contribution in [-0.4, -0.2) is 13.1 Å². The summed E-state index contributed by atoms with van der Waals surface area (Å²) in [4.78, 5) is 2.41. The minimum absolute atomic E-state index is 1.04. The smallest absolute Gasteiger partial charge is 0.0448 e. The van der Waals surface area contributed by atoms with Gasteiger partial charge in [-0.25, -0.2) is 0 Å². The minimum Gasteiger partial charge on any atom is -0.372 e. The van der Waals surface area contributed by atoms with E-state index >= 15 is 0 Å². The molecule has 0 amide bonds. The number of aryl methyl sites for hydroxylation is 1. The summed E-state index contributed by atoms with van der Waals surface area (Å²) >= 11 is 0. The van der Waals surface area contributed by atoms with Crippen molar-refractivity contribution in [3.63, 3.8) is 0 Å². The topological polar surface area (TPSA) is 3.24 Å². The fourth-order valence-electron chi connectivity index (χ4n) is 2.46. The van der Waals surface area contributed by atoms with E-state index in [4.69, 9.17) is 0 Å². The van der Waals surface area contributed by atoms with Gasteiger partial charge in [0.05, 0.1) is 0 Å². The molecule has 2 aromatic carbocycles. The molecule has 0 fully saturated rings. The van der Waals surface area contributed by atoms with E-state index in [-0.39, 0.29) is 0 Å². The van der Waals surface area contributed by atoms with Gasteiger partial charge in [0.25, 0.3) is 0 Å². The van der Waals surface area contributed by atoms with Gasteiger partial charge in [-0.05, 0) is 38.0 Å². The molecule has 0 aromatic heterocycles. The quantitative estimate of drug-likeness (QED) is 0.759. The van der Waals surface area contributed by atoms with E-state index in [0.717, 1.165) is 13.1 Å². The average molecular weight is 239 g/mol. The Morgan fingerprint density at radius 1 is 0.833 bits per heavy atom. The Morgan fingerprint density at radius 2 is 1.50 bits per heavy atom. The van der Waals surface area contributed by atoms with Gasteiger partial charge in [0.15, 0.2) is 0 Å². The Bertz CT molecular complexity index is 498. The number of hydrogen-bond donors (Lipinski definition) is 0.